The fourth-order valence-corrected chi connectivity index (χ4v) is 2.43. The number of nitrogens with zero attached hydrogens (tertiary/aromatic N) is 1. The van der Waals surface area contributed by atoms with Gasteiger partial charge in [0.2, 0.25) is 5.91 Å². The van der Waals surface area contributed by atoms with Crippen LogP contribution in [0.25, 0.3) is 0 Å². The van der Waals surface area contributed by atoms with Crippen molar-refractivity contribution in [2.24, 2.45) is 0 Å². The molecule has 1 unspecified atom stereocenters. The highest BCUT2D eigenvalue weighted by atomic mass is 16.6. The molecule has 1 saturated heterocycles. The third kappa shape index (κ3) is 1.15. The maximum absolute atomic E-state index is 12.1. The van der Waals surface area contributed by atoms with Gasteiger partial charge in [-0.2, -0.15) is 0 Å². The summed E-state index contributed by atoms with van der Waals surface area (Å²) < 4.78 is 5.28. The minimum Gasteiger partial charge on any atom is -0.368 e. The zero-order valence-electron chi connectivity index (χ0n) is 9.78. The van der Waals surface area contributed by atoms with Crippen molar-refractivity contribution >= 4 is 11.6 Å². The standard InChI is InChI=1S/C13H15NO2/c1-13(2)9-6-8(11-7-16-11)4-5-10(9)14(3)12(13)15/h4-6,11H,7H2,1-3H3. The van der Waals surface area contributed by atoms with E-state index in [1.165, 1.54) is 5.56 Å². The van der Waals surface area contributed by atoms with Gasteiger partial charge in [-0.25, -0.2) is 0 Å². The van der Waals surface area contributed by atoms with Crippen molar-refractivity contribution in [3.63, 3.8) is 0 Å². The summed E-state index contributed by atoms with van der Waals surface area (Å²) in [4.78, 5) is 13.8. The van der Waals surface area contributed by atoms with Crippen LogP contribution in [-0.2, 0) is 14.9 Å². The van der Waals surface area contributed by atoms with E-state index in [-0.39, 0.29) is 12.0 Å². The van der Waals surface area contributed by atoms with E-state index in [1.807, 2.05) is 27.0 Å². The van der Waals surface area contributed by atoms with Gasteiger partial charge in [-0.1, -0.05) is 6.07 Å². The lowest BCUT2D eigenvalue weighted by molar-refractivity contribution is -0.121. The smallest absolute Gasteiger partial charge is 0.236 e. The molecule has 3 rings (SSSR count). The second kappa shape index (κ2) is 2.86. The van der Waals surface area contributed by atoms with Crippen molar-refractivity contribution in [2.75, 3.05) is 18.6 Å². The van der Waals surface area contributed by atoms with Crippen molar-refractivity contribution in [1.29, 1.82) is 0 Å². The predicted molar refractivity (Wildman–Crippen MR) is 61.6 cm³/mol. The third-order valence-electron chi connectivity index (χ3n) is 3.60. The fraction of sp³-hybridized carbons (Fsp3) is 0.462. The summed E-state index contributed by atoms with van der Waals surface area (Å²) in [5.41, 5.74) is 2.93. The summed E-state index contributed by atoms with van der Waals surface area (Å²) in [5.74, 6) is 0.163. The molecule has 3 nitrogen and oxygen atoms in total. The second-order valence-electron chi connectivity index (χ2n) is 5.09. The Morgan fingerprint density at radius 3 is 2.75 bits per heavy atom. The number of ether oxygens (including phenoxy) is 1. The first-order valence-corrected chi connectivity index (χ1v) is 5.56. The molecular formula is C13H15NO2. The van der Waals surface area contributed by atoms with Crippen LogP contribution in [0.15, 0.2) is 18.2 Å². The van der Waals surface area contributed by atoms with Crippen LogP contribution in [-0.4, -0.2) is 19.6 Å². The topological polar surface area (TPSA) is 32.8 Å². The van der Waals surface area contributed by atoms with Crippen LogP contribution < -0.4 is 4.90 Å². The fourth-order valence-electron chi connectivity index (χ4n) is 2.43. The number of carbonyl (C=O) groups is 1. The molecule has 1 amide bonds. The van der Waals surface area contributed by atoms with Crippen molar-refractivity contribution in [3.05, 3.63) is 29.3 Å². The van der Waals surface area contributed by atoms with Crippen LogP contribution in [0.2, 0.25) is 0 Å². The van der Waals surface area contributed by atoms with Crippen molar-refractivity contribution in [3.8, 4) is 0 Å². The summed E-state index contributed by atoms with van der Waals surface area (Å²) in [5, 5.41) is 0. The van der Waals surface area contributed by atoms with E-state index in [0.717, 1.165) is 17.9 Å². The van der Waals surface area contributed by atoms with Crippen molar-refractivity contribution < 1.29 is 9.53 Å². The van der Waals surface area contributed by atoms with E-state index in [4.69, 9.17) is 4.74 Å². The molecule has 16 heavy (non-hydrogen) atoms. The molecule has 0 aliphatic carbocycles. The number of hydrogen-bond donors (Lipinski definition) is 0. The van der Waals surface area contributed by atoms with Gasteiger partial charge in [0.1, 0.15) is 6.10 Å². The zero-order chi connectivity index (χ0) is 11.5. The highest BCUT2D eigenvalue weighted by Crippen LogP contribution is 2.43. The molecule has 2 aliphatic heterocycles. The third-order valence-corrected chi connectivity index (χ3v) is 3.60. The van der Waals surface area contributed by atoms with E-state index in [1.54, 1.807) is 4.90 Å². The van der Waals surface area contributed by atoms with Crippen LogP contribution in [0.4, 0.5) is 5.69 Å². The Bertz CT molecular complexity index is 475. The van der Waals surface area contributed by atoms with Gasteiger partial charge < -0.3 is 9.64 Å². The number of likely N-dealkylation sites (N-methyl/N-ethyl adjacent to an activating group) is 1. The van der Waals surface area contributed by atoms with Crippen LogP contribution in [0, 0.1) is 0 Å². The molecule has 2 aliphatic rings. The largest absolute Gasteiger partial charge is 0.368 e. The van der Waals surface area contributed by atoms with Crippen LogP contribution in [0.1, 0.15) is 31.1 Å². The first kappa shape index (κ1) is 9.85. The molecule has 0 saturated carbocycles. The molecule has 1 aromatic carbocycles. The molecule has 0 bridgehead atoms. The quantitative estimate of drug-likeness (QED) is 0.674. The zero-order valence-corrected chi connectivity index (χ0v) is 9.78. The van der Waals surface area contributed by atoms with E-state index in [9.17, 15) is 4.79 Å². The number of hydrogen-bond acceptors (Lipinski definition) is 2. The number of anilines is 1. The molecule has 0 spiro atoms. The number of epoxide rings is 1. The van der Waals surface area contributed by atoms with Gasteiger partial charge in [0, 0.05) is 12.7 Å². The average Bonchev–Trinajstić information content (AvgIpc) is 3.07. The minimum absolute atomic E-state index is 0.163. The average molecular weight is 217 g/mol. The molecule has 0 radical (unpaired) electrons. The predicted octanol–water partition coefficient (Wildman–Crippen LogP) is 2.01. The Hall–Kier alpha value is -1.35. The number of fused-ring (bicyclic) bond motifs is 1. The van der Waals surface area contributed by atoms with Crippen molar-refractivity contribution in [1.82, 2.24) is 0 Å². The first-order valence-electron chi connectivity index (χ1n) is 5.56. The summed E-state index contributed by atoms with van der Waals surface area (Å²) in [6.07, 6.45) is 0.252. The van der Waals surface area contributed by atoms with E-state index in [2.05, 4.69) is 12.1 Å². The molecule has 1 fully saturated rings. The van der Waals surface area contributed by atoms with Crippen LogP contribution >= 0.6 is 0 Å². The molecule has 3 heteroatoms. The minimum atomic E-state index is -0.408. The van der Waals surface area contributed by atoms with Gasteiger partial charge in [-0.05, 0) is 37.1 Å². The Morgan fingerprint density at radius 2 is 2.12 bits per heavy atom. The highest BCUT2D eigenvalue weighted by molar-refractivity contribution is 6.07. The number of benzene rings is 1. The number of rotatable bonds is 1. The number of amides is 1. The molecular weight excluding hydrogens is 202 g/mol. The Balaban J connectivity index is 2.15. The summed E-state index contributed by atoms with van der Waals surface area (Å²) in [7, 11) is 1.84. The van der Waals surface area contributed by atoms with Gasteiger partial charge in [0.25, 0.3) is 0 Å². The van der Waals surface area contributed by atoms with Crippen LogP contribution in [0.3, 0.4) is 0 Å². The van der Waals surface area contributed by atoms with E-state index < -0.39 is 5.41 Å². The van der Waals surface area contributed by atoms with Gasteiger partial charge in [0.05, 0.1) is 12.0 Å². The SMILES string of the molecule is CN1C(=O)C(C)(C)c2cc(C3CO3)ccc21. The van der Waals surface area contributed by atoms with Crippen LogP contribution in [0.5, 0.6) is 0 Å². The lowest BCUT2D eigenvalue weighted by Gasteiger charge is -2.16. The second-order valence-corrected chi connectivity index (χ2v) is 5.09. The normalized spacial score (nSPS) is 25.8. The van der Waals surface area contributed by atoms with Crippen molar-refractivity contribution in [2.45, 2.75) is 25.4 Å². The monoisotopic (exact) mass is 217 g/mol. The summed E-state index contributed by atoms with van der Waals surface area (Å²) in [6.45, 7) is 4.77. The summed E-state index contributed by atoms with van der Waals surface area (Å²) in [6, 6.07) is 6.20. The Kier molecular flexibility index (Phi) is 1.76. The van der Waals surface area contributed by atoms with E-state index >= 15 is 0 Å². The maximum Gasteiger partial charge on any atom is 0.236 e. The van der Waals surface area contributed by atoms with Gasteiger partial charge >= 0.3 is 0 Å². The first-order chi connectivity index (χ1) is 7.51. The molecule has 2 heterocycles. The Labute approximate surface area is 95.0 Å². The van der Waals surface area contributed by atoms with Gasteiger partial charge in [-0.3, -0.25) is 4.79 Å². The molecule has 84 valence electrons. The molecule has 0 aromatic heterocycles. The summed E-state index contributed by atoms with van der Waals surface area (Å²) >= 11 is 0. The lowest BCUT2D eigenvalue weighted by atomic mass is 9.85. The van der Waals surface area contributed by atoms with Gasteiger partial charge in [-0.15, -0.1) is 0 Å². The van der Waals surface area contributed by atoms with Gasteiger partial charge in [0.15, 0.2) is 0 Å². The highest BCUT2D eigenvalue weighted by Gasteiger charge is 2.42. The lowest BCUT2D eigenvalue weighted by Crippen LogP contribution is -2.33. The Morgan fingerprint density at radius 1 is 1.44 bits per heavy atom. The van der Waals surface area contributed by atoms with E-state index in [0.29, 0.717) is 0 Å². The maximum atomic E-state index is 12.1. The molecule has 1 aromatic rings. The number of carbonyl (C=O) groups excluding carboxylic acids is 1. The molecule has 1 atom stereocenters. The molecule has 0 N–H and O–H groups in total.